The van der Waals surface area contributed by atoms with Crippen LogP contribution in [-0.4, -0.2) is 82.9 Å². The number of halogens is 1. The Kier molecular flexibility index (Phi) is 6.75. The Hall–Kier alpha value is -1.70. The molecular formula is C15H20ClN4O9P. The van der Waals surface area contributed by atoms with Crippen molar-refractivity contribution < 1.29 is 43.6 Å². The van der Waals surface area contributed by atoms with Gasteiger partial charge >= 0.3 is 13.6 Å². The first-order chi connectivity index (χ1) is 14.0. The fourth-order valence-electron chi connectivity index (χ4n) is 3.01. The molecule has 5 atom stereocenters. The summed E-state index contributed by atoms with van der Waals surface area (Å²) in [4.78, 5) is 42.6. The molecule has 1 fully saturated rings. The maximum Gasteiger partial charge on any atom is 0.365 e. The topological polar surface area (TPSA) is 186 Å². The van der Waals surface area contributed by atoms with Gasteiger partial charge in [-0.15, -0.1) is 0 Å². The molecule has 2 aromatic heterocycles. The summed E-state index contributed by atoms with van der Waals surface area (Å²) in [6, 6.07) is 0. The third kappa shape index (κ3) is 4.48. The lowest BCUT2D eigenvalue weighted by Crippen LogP contribution is -2.36. The fraction of sp³-hybridized carbons (Fsp3) is 0.600. The monoisotopic (exact) mass is 466 g/mol. The summed E-state index contributed by atoms with van der Waals surface area (Å²) in [5.41, 5.74) is 1.16. The smallest absolute Gasteiger partial charge is 0.365 e. The summed E-state index contributed by atoms with van der Waals surface area (Å²) in [6.07, 6.45) is -4.00. The molecule has 0 unspecified atom stereocenters. The second-order valence-corrected chi connectivity index (χ2v) is 8.46. The average molecular weight is 467 g/mol. The van der Waals surface area contributed by atoms with E-state index in [0.717, 1.165) is 0 Å². The number of carbonyl (C=O) groups is 1. The predicted octanol–water partition coefficient (Wildman–Crippen LogP) is -0.509. The van der Waals surface area contributed by atoms with E-state index in [1.807, 2.05) is 0 Å². The van der Waals surface area contributed by atoms with Crippen molar-refractivity contribution in [3.05, 3.63) is 17.3 Å². The second kappa shape index (κ2) is 8.81. The van der Waals surface area contributed by atoms with Gasteiger partial charge in [0.15, 0.2) is 11.9 Å². The standard InChI is InChI=1S/C15H20ClN4O9P/c1-3-27-13(23)14(30(24,25)26)28-4-7-9(21)10(22)12(29-7)20-5-17-8-6(2)18-15(16)19-11(8)20/h5,7,9-10,12,14,21-22H,3-4H2,1-2H3,(H2,24,25,26)/t7-,9+,10-,12-,14-/m1/s1. The summed E-state index contributed by atoms with van der Waals surface area (Å²) in [5, 5.41) is 20.7. The van der Waals surface area contributed by atoms with Gasteiger partial charge in [-0.3, -0.25) is 9.13 Å². The third-order valence-corrected chi connectivity index (χ3v) is 5.53. The number of esters is 1. The minimum atomic E-state index is -5.00. The average Bonchev–Trinajstić information content (AvgIpc) is 3.17. The number of aromatic nitrogens is 4. The van der Waals surface area contributed by atoms with Crippen LogP contribution >= 0.6 is 19.2 Å². The highest BCUT2D eigenvalue weighted by molar-refractivity contribution is 7.53. The molecule has 3 rings (SSSR count). The number of hydrogen-bond donors (Lipinski definition) is 4. The minimum absolute atomic E-state index is 0.0476. The van der Waals surface area contributed by atoms with E-state index in [-0.39, 0.29) is 17.5 Å². The van der Waals surface area contributed by atoms with Crippen molar-refractivity contribution in [2.24, 2.45) is 0 Å². The Morgan fingerprint density at radius 3 is 2.70 bits per heavy atom. The summed E-state index contributed by atoms with van der Waals surface area (Å²) in [5.74, 6) is -3.44. The predicted molar refractivity (Wildman–Crippen MR) is 99.4 cm³/mol. The summed E-state index contributed by atoms with van der Waals surface area (Å²) in [7, 11) is -5.00. The Bertz CT molecular complexity index is 982. The van der Waals surface area contributed by atoms with Crippen molar-refractivity contribution in [1.82, 2.24) is 19.5 Å². The van der Waals surface area contributed by atoms with Gasteiger partial charge in [0.1, 0.15) is 23.8 Å². The highest BCUT2D eigenvalue weighted by Crippen LogP contribution is 2.43. The quantitative estimate of drug-likeness (QED) is 0.233. The number of aliphatic hydroxyl groups excluding tert-OH is 2. The van der Waals surface area contributed by atoms with E-state index in [1.54, 1.807) is 6.92 Å². The van der Waals surface area contributed by atoms with Crippen molar-refractivity contribution in [3.63, 3.8) is 0 Å². The molecule has 30 heavy (non-hydrogen) atoms. The highest BCUT2D eigenvalue weighted by Gasteiger charge is 2.46. The molecule has 0 aromatic carbocycles. The molecule has 0 amide bonds. The van der Waals surface area contributed by atoms with Gasteiger partial charge in [-0.2, -0.15) is 4.98 Å². The molecule has 1 saturated heterocycles. The first-order valence-electron chi connectivity index (χ1n) is 8.76. The van der Waals surface area contributed by atoms with Crippen molar-refractivity contribution in [1.29, 1.82) is 0 Å². The number of imidazole rings is 1. The van der Waals surface area contributed by atoms with Gasteiger partial charge in [-0.05, 0) is 25.4 Å². The Balaban J connectivity index is 1.79. The molecule has 3 heterocycles. The van der Waals surface area contributed by atoms with E-state index in [2.05, 4.69) is 19.7 Å². The van der Waals surface area contributed by atoms with Crippen molar-refractivity contribution in [2.75, 3.05) is 13.2 Å². The van der Waals surface area contributed by atoms with Crippen LogP contribution in [0.2, 0.25) is 5.28 Å². The van der Waals surface area contributed by atoms with Crippen LogP contribution < -0.4 is 0 Å². The van der Waals surface area contributed by atoms with Crippen molar-refractivity contribution >= 4 is 36.3 Å². The number of aliphatic hydroxyl groups is 2. The number of fused-ring (bicyclic) bond motifs is 1. The first-order valence-corrected chi connectivity index (χ1v) is 10.8. The van der Waals surface area contributed by atoms with Gasteiger partial charge in [0, 0.05) is 0 Å². The van der Waals surface area contributed by atoms with Crippen molar-refractivity contribution in [3.8, 4) is 0 Å². The van der Waals surface area contributed by atoms with E-state index in [4.69, 9.17) is 21.1 Å². The first kappa shape index (κ1) is 23.0. The molecule has 0 spiro atoms. The van der Waals surface area contributed by atoms with Crippen LogP contribution in [0.25, 0.3) is 11.2 Å². The van der Waals surface area contributed by atoms with E-state index >= 15 is 0 Å². The maximum atomic E-state index is 11.8. The van der Waals surface area contributed by atoms with Gasteiger partial charge in [0.25, 0.3) is 5.85 Å². The van der Waals surface area contributed by atoms with Crippen LogP contribution in [0.3, 0.4) is 0 Å². The fourth-order valence-corrected chi connectivity index (χ4v) is 3.85. The Morgan fingerprint density at radius 2 is 2.07 bits per heavy atom. The lowest BCUT2D eigenvalue weighted by molar-refractivity contribution is -0.155. The lowest BCUT2D eigenvalue weighted by atomic mass is 10.1. The van der Waals surface area contributed by atoms with Gasteiger partial charge in [0.05, 0.1) is 25.2 Å². The molecule has 13 nitrogen and oxygen atoms in total. The minimum Gasteiger partial charge on any atom is -0.464 e. The van der Waals surface area contributed by atoms with Crippen LogP contribution in [0.4, 0.5) is 0 Å². The molecule has 4 N–H and O–H groups in total. The second-order valence-electron chi connectivity index (χ2n) is 6.48. The Morgan fingerprint density at radius 1 is 1.37 bits per heavy atom. The van der Waals surface area contributed by atoms with Gasteiger partial charge in [-0.25, -0.2) is 14.8 Å². The summed E-state index contributed by atoms with van der Waals surface area (Å²) < 4.78 is 28.1. The van der Waals surface area contributed by atoms with Crippen LogP contribution in [-0.2, 0) is 23.6 Å². The van der Waals surface area contributed by atoms with Gasteiger partial charge in [0.2, 0.25) is 5.28 Å². The normalized spacial score (nSPS) is 25.6. The number of hydrogen-bond acceptors (Lipinski definition) is 10. The van der Waals surface area contributed by atoms with E-state index in [9.17, 15) is 29.4 Å². The van der Waals surface area contributed by atoms with E-state index in [0.29, 0.717) is 11.2 Å². The van der Waals surface area contributed by atoms with Crippen LogP contribution in [0.1, 0.15) is 18.8 Å². The Labute approximate surface area is 174 Å². The molecule has 15 heteroatoms. The molecule has 2 aromatic rings. The van der Waals surface area contributed by atoms with Crippen LogP contribution in [0.5, 0.6) is 0 Å². The highest BCUT2D eigenvalue weighted by atomic mass is 35.5. The summed E-state index contributed by atoms with van der Waals surface area (Å²) in [6.45, 7) is 2.42. The molecule has 166 valence electrons. The number of ether oxygens (including phenoxy) is 3. The maximum absolute atomic E-state index is 11.8. The largest absolute Gasteiger partial charge is 0.464 e. The zero-order valence-corrected chi connectivity index (χ0v) is 17.5. The van der Waals surface area contributed by atoms with Gasteiger partial charge in [-0.1, -0.05) is 0 Å². The molecule has 0 saturated carbocycles. The van der Waals surface area contributed by atoms with Crippen molar-refractivity contribution in [2.45, 2.75) is 44.2 Å². The zero-order valence-electron chi connectivity index (χ0n) is 15.8. The number of carbonyl (C=O) groups excluding carboxylic acids is 1. The lowest BCUT2D eigenvalue weighted by Gasteiger charge is -2.20. The molecular weight excluding hydrogens is 447 g/mol. The SMILES string of the molecule is CCOC(=O)[C@H](OC[C@H]1O[C@@H](n2cnc3c(C)nc(Cl)nc32)[C@H](O)[C@H]1O)P(=O)(O)O. The van der Waals surface area contributed by atoms with E-state index in [1.165, 1.54) is 17.8 Å². The van der Waals surface area contributed by atoms with Crippen LogP contribution in [0, 0.1) is 6.92 Å². The number of aryl methyl sites for hydroxylation is 1. The molecule has 0 bridgehead atoms. The number of nitrogens with zero attached hydrogens (tertiary/aromatic N) is 4. The van der Waals surface area contributed by atoms with Crippen LogP contribution in [0.15, 0.2) is 6.33 Å². The molecule has 1 aliphatic heterocycles. The van der Waals surface area contributed by atoms with Gasteiger partial charge < -0.3 is 34.2 Å². The molecule has 0 aliphatic carbocycles. The molecule has 1 aliphatic rings. The zero-order chi connectivity index (χ0) is 22.2. The number of rotatable bonds is 7. The third-order valence-electron chi connectivity index (χ3n) is 4.39. The molecule has 0 radical (unpaired) electrons. The van der Waals surface area contributed by atoms with E-state index < -0.39 is 50.6 Å². The summed E-state index contributed by atoms with van der Waals surface area (Å²) >= 11 is 5.88.